The van der Waals surface area contributed by atoms with Gasteiger partial charge in [-0.15, -0.1) is 0 Å². The molecule has 0 bridgehead atoms. The minimum atomic E-state index is -1.46. The summed E-state index contributed by atoms with van der Waals surface area (Å²) in [7, 11) is -1.45. The van der Waals surface area contributed by atoms with Crippen LogP contribution in [0.1, 0.15) is 74.9 Å². The van der Waals surface area contributed by atoms with Gasteiger partial charge in [-0.05, 0) is 77.4 Å². The average molecular weight is 1080 g/mol. The first kappa shape index (κ1) is 59.9. The molecule has 5 rings (SSSR count). The number of esters is 1. The van der Waals surface area contributed by atoms with Crippen molar-refractivity contribution in [3.63, 3.8) is 0 Å². The normalized spacial score (nSPS) is 12.6. The highest BCUT2D eigenvalue weighted by Crippen LogP contribution is 2.41. The molecule has 0 saturated carbocycles. The Morgan fingerprint density at radius 3 is 1.97 bits per heavy atom. The number of carboxylic acid groups (broad SMARTS) is 1. The Hall–Kier alpha value is -6.99. The molecule has 0 aliphatic heterocycles. The van der Waals surface area contributed by atoms with Crippen LogP contribution in [-0.2, 0) is 53.1 Å². The lowest BCUT2D eigenvalue weighted by Crippen LogP contribution is -2.52. The Morgan fingerprint density at radius 1 is 0.750 bits per heavy atom. The highest BCUT2D eigenvalue weighted by molar-refractivity contribution is 7.99. The van der Waals surface area contributed by atoms with E-state index in [1.807, 2.05) is 61.7 Å². The van der Waals surface area contributed by atoms with E-state index in [2.05, 4.69) is 35.6 Å². The van der Waals surface area contributed by atoms with Crippen molar-refractivity contribution in [1.29, 1.82) is 0 Å². The topological polar surface area (TPSA) is 195 Å². The number of ether oxygens (including phenoxy) is 3. The number of hydrogen-bond acceptors (Lipinski definition) is 10. The molecule has 4 aromatic carbocycles. The SMILES string of the molecule is CC(C)(C)C(c1cc(-c2cc(F)ccc2F)cn1Cc1ccccc1)N(CCCNC(=O)OCC[Si](C)(C)C)C(=O)CSCCC(NC(=O)C(CCC(=O)OCc1ccccc1)NC(=O)OCc1ccccc1)C(=O)O. The van der Waals surface area contributed by atoms with E-state index >= 15 is 4.39 Å². The quantitative estimate of drug-likeness (QED) is 0.0161. The number of benzene rings is 4. The number of carbonyl (C=O) groups excluding carboxylic acids is 5. The lowest BCUT2D eigenvalue weighted by atomic mass is 9.83. The van der Waals surface area contributed by atoms with Crippen LogP contribution in [0.2, 0.25) is 25.7 Å². The second-order valence-electron chi connectivity index (χ2n) is 20.7. The number of alkyl carbamates (subject to hydrolysis) is 2. The summed E-state index contributed by atoms with van der Waals surface area (Å²) in [6, 6.07) is 29.7. The predicted molar refractivity (Wildman–Crippen MR) is 292 cm³/mol. The Kier molecular flexibility index (Phi) is 23.1. The van der Waals surface area contributed by atoms with E-state index in [0.717, 1.165) is 47.1 Å². The molecular formula is C57H71F2N5O10SSi. The second-order valence-corrected chi connectivity index (χ2v) is 27.4. The number of thioether (sulfide) groups is 1. The van der Waals surface area contributed by atoms with Gasteiger partial charge in [0.2, 0.25) is 11.8 Å². The van der Waals surface area contributed by atoms with Crippen LogP contribution in [0.15, 0.2) is 121 Å². The molecule has 0 fully saturated rings. The molecule has 19 heteroatoms. The number of nitrogens with zero attached hydrogens (tertiary/aromatic N) is 2. The van der Waals surface area contributed by atoms with Crippen LogP contribution in [0.4, 0.5) is 18.4 Å². The molecule has 0 radical (unpaired) electrons. The Balaban J connectivity index is 1.33. The van der Waals surface area contributed by atoms with Gasteiger partial charge >= 0.3 is 24.1 Å². The molecule has 0 aliphatic rings. The summed E-state index contributed by atoms with van der Waals surface area (Å²) >= 11 is 1.15. The van der Waals surface area contributed by atoms with Gasteiger partial charge in [-0.25, -0.2) is 23.2 Å². The smallest absolute Gasteiger partial charge is 0.408 e. The van der Waals surface area contributed by atoms with Crippen LogP contribution in [0.5, 0.6) is 0 Å². The molecule has 0 aliphatic carbocycles. The Morgan fingerprint density at radius 2 is 1.37 bits per heavy atom. The van der Waals surface area contributed by atoms with Crippen molar-refractivity contribution >= 4 is 55.8 Å². The Labute approximate surface area is 449 Å². The lowest BCUT2D eigenvalue weighted by Gasteiger charge is -2.41. The third-order valence-electron chi connectivity index (χ3n) is 12.1. The molecule has 4 amide bonds. The fraction of sp³-hybridized carbons (Fsp3) is 0.404. The van der Waals surface area contributed by atoms with Crippen LogP contribution in [0, 0.1) is 17.0 Å². The van der Waals surface area contributed by atoms with Crippen LogP contribution in [0.3, 0.4) is 0 Å². The molecule has 3 unspecified atom stereocenters. The average Bonchev–Trinajstić information content (AvgIpc) is 3.78. The van der Waals surface area contributed by atoms with E-state index in [4.69, 9.17) is 14.2 Å². The van der Waals surface area contributed by atoms with Crippen molar-refractivity contribution in [2.45, 2.75) is 110 Å². The molecular weight excluding hydrogens is 1010 g/mol. The third kappa shape index (κ3) is 20.3. The molecule has 1 heterocycles. The zero-order valence-electron chi connectivity index (χ0n) is 44.2. The number of nitrogens with one attached hydrogen (secondary N) is 3. The van der Waals surface area contributed by atoms with E-state index in [0.29, 0.717) is 36.4 Å². The first-order valence-corrected chi connectivity index (χ1v) is 30.2. The van der Waals surface area contributed by atoms with Gasteiger partial charge in [0, 0.05) is 57.1 Å². The summed E-state index contributed by atoms with van der Waals surface area (Å²) in [5.41, 5.74) is 2.82. The molecule has 0 saturated heterocycles. The number of carboxylic acids is 1. The van der Waals surface area contributed by atoms with E-state index < -0.39 is 73.3 Å². The van der Waals surface area contributed by atoms with Crippen LogP contribution < -0.4 is 16.0 Å². The van der Waals surface area contributed by atoms with E-state index in [1.165, 1.54) is 0 Å². The summed E-state index contributed by atoms with van der Waals surface area (Å²) in [4.78, 5) is 81.4. The number of hydrogen-bond donors (Lipinski definition) is 4. The summed E-state index contributed by atoms with van der Waals surface area (Å²) in [6.45, 7) is 13.3. The zero-order valence-corrected chi connectivity index (χ0v) is 46.0. The number of halogens is 2. The maximum Gasteiger partial charge on any atom is 0.408 e. The van der Waals surface area contributed by atoms with Crippen molar-refractivity contribution in [3.8, 4) is 11.1 Å². The van der Waals surface area contributed by atoms with Crippen molar-refractivity contribution in [1.82, 2.24) is 25.4 Å². The molecule has 15 nitrogen and oxygen atoms in total. The summed E-state index contributed by atoms with van der Waals surface area (Å²) in [6.07, 6.45) is -0.0992. The third-order valence-corrected chi connectivity index (χ3v) is 14.8. The lowest BCUT2D eigenvalue weighted by molar-refractivity contribution is -0.146. The number of aromatic nitrogens is 1. The van der Waals surface area contributed by atoms with E-state index in [9.17, 15) is 38.3 Å². The molecule has 5 aromatic rings. The molecule has 3 atom stereocenters. The minimum Gasteiger partial charge on any atom is -0.480 e. The highest BCUT2D eigenvalue weighted by atomic mass is 32.2. The van der Waals surface area contributed by atoms with Crippen LogP contribution in [0.25, 0.3) is 11.1 Å². The van der Waals surface area contributed by atoms with E-state index in [-0.39, 0.29) is 68.5 Å². The van der Waals surface area contributed by atoms with Crippen molar-refractivity contribution in [3.05, 3.63) is 155 Å². The maximum atomic E-state index is 15.4. The van der Waals surface area contributed by atoms with Crippen molar-refractivity contribution in [2.24, 2.45) is 5.41 Å². The molecule has 76 heavy (non-hydrogen) atoms. The molecule has 1 aromatic heterocycles. The predicted octanol–water partition coefficient (Wildman–Crippen LogP) is 10.4. The van der Waals surface area contributed by atoms with Gasteiger partial charge in [-0.2, -0.15) is 11.8 Å². The van der Waals surface area contributed by atoms with Gasteiger partial charge in [0.1, 0.15) is 36.9 Å². The largest absolute Gasteiger partial charge is 0.480 e. The maximum absolute atomic E-state index is 15.4. The first-order chi connectivity index (χ1) is 36.2. The Bertz CT molecular complexity index is 2690. The first-order valence-electron chi connectivity index (χ1n) is 25.3. The van der Waals surface area contributed by atoms with Gasteiger partial charge in [-0.1, -0.05) is 131 Å². The van der Waals surface area contributed by atoms with Crippen molar-refractivity contribution < 1.29 is 56.9 Å². The van der Waals surface area contributed by atoms with Crippen LogP contribution >= 0.6 is 11.8 Å². The number of carbonyl (C=O) groups is 6. The summed E-state index contributed by atoms with van der Waals surface area (Å²) < 4.78 is 48.2. The van der Waals surface area contributed by atoms with Crippen molar-refractivity contribution in [2.75, 3.05) is 31.2 Å². The molecule has 4 N–H and O–H groups in total. The summed E-state index contributed by atoms with van der Waals surface area (Å²) in [5.74, 6) is -4.45. The molecule has 0 spiro atoms. The standard InChI is InChI=1S/C57H71F2N5O10SSi/c1-57(2,3)52(49-33-43(45-34-44(58)23-24-46(45)59)36-63(49)35-40-17-10-7-11-18-40)64(29-16-28-60-55(70)72-30-32-76(4,5)6)50(65)39-75-31-27-48(54(68)69)61-53(67)47(62-56(71)74-38-42-21-14-9-15-22-42)25-26-51(66)73-37-41-19-12-8-13-20-41/h7-15,17-24,33-34,36,47-48,52H,16,25-32,35,37-39H2,1-6H3,(H,60,70)(H,61,67)(H,62,71)(H,68,69). The van der Waals surface area contributed by atoms with Gasteiger partial charge in [0.15, 0.2) is 0 Å². The highest BCUT2D eigenvalue weighted by Gasteiger charge is 2.37. The summed E-state index contributed by atoms with van der Waals surface area (Å²) in [5, 5.41) is 18.1. The molecule has 408 valence electrons. The van der Waals surface area contributed by atoms with Gasteiger partial charge < -0.3 is 44.7 Å². The van der Waals surface area contributed by atoms with Crippen LogP contribution in [-0.4, -0.2) is 102 Å². The van der Waals surface area contributed by atoms with Gasteiger partial charge in [0.25, 0.3) is 0 Å². The second kappa shape index (κ2) is 29.3. The number of rotatable bonds is 28. The zero-order chi connectivity index (χ0) is 55.3. The number of aliphatic carboxylic acids is 1. The minimum absolute atomic E-state index is 0.00784. The van der Waals surface area contributed by atoms with Gasteiger partial charge in [-0.3, -0.25) is 14.4 Å². The van der Waals surface area contributed by atoms with E-state index in [1.54, 1.807) is 71.8 Å². The van der Waals surface area contributed by atoms with Gasteiger partial charge in [0.05, 0.1) is 18.4 Å². The number of amides is 4. The monoisotopic (exact) mass is 1080 g/mol. The fourth-order valence-corrected chi connectivity index (χ4v) is 9.77. The fourth-order valence-electron chi connectivity index (χ4n) is 8.17.